The number of anilines is 3. The normalized spacial score (nSPS) is 10.2. The number of para-hydroxylation sites is 2. The summed E-state index contributed by atoms with van der Waals surface area (Å²) in [6, 6.07) is 9.08. The van der Waals surface area contributed by atoms with Crippen LogP contribution in [0.3, 0.4) is 0 Å². The van der Waals surface area contributed by atoms with Crippen molar-refractivity contribution in [3.05, 3.63) is 47.1 Å². The average Bonchev–Trinajstić information content (AvgIpc) is 2.41. The predicted molar refractivity (Wildman–Crippen MR) is 80.3 cm³/mol. The first-order valence-corrected chi connectivity index (χ1v) is 6.29. The topological polar surface area (TPSA) is 65.5 Å². The van der Waals surface area contributed by atoms with Gasteiger partial charge in [0.15, 0.2) is 0 Å². The molecule has 104 valence electrons. The van der Waals surface area contributed by atoms with Gasteiger partial charge >= 0.3 is 5.97 Å². The Morgan fingerprint density at radius 3 is 2.70 bits per heavy atom. The van der Waals surface area contributed by atoms with Crippen molar-refractivity contribution in [1.82, 2.24) is 4.98 Å². The summed E-state index contributed by atoms with van der Waals surface area (Å²) in [5.41, 5.74) is 1.83. The number of halogens is 1. The number of carboxylic acids is 1. The van der Waals surface area contributed by atoms with E-state index < -0.39 is 5.97 Å². The van der Waals surface area contributed by atoms with E-state index in [1.165, 1.54) is 12.3 Å². The Labute approximate surface area is 121 Å². The summed E-state index contributed by atoms with van der Waals surface area (Å²) >= 11 is 5.80. The van der Waals surface area contributed by atoms with Gasteiger partial charge < -0.3 is 15.3 Å². The van der Waals surface area contributed by atoms with E-state index in [9.17, 15) is 4.79 Å². The number of carboxylic acid groups (broad SMARTS) is 1. The highest BCUT2D eigenvalue weighted by atomic mass is 35.5. The molecule has 0 fully saturated rings. The smallest absolute Gasteiger partial charge is 0.337 e. The number of rotatable bonds is 4. The van der Waals surface area contributed by atoms with Gasteiger partial charge in [-0.15, -0.1) is 0 Å². The van der Waals surface area contributed by atoms with Crippen LogP contribution in [-0.4, -0.2) is 30.2 Å². The van der Waals surface area contributed by atoms with Crippen molar-refractivity contribution in [2.45, 2.75) is 0 Å². The van der Waals surface area contributed by atoms with Crippen molar-refractivity contribution in [1.29, 1.82) is 0 Å². The molecule has 0 saturated carbocycles. The Morgan fingerprint density at radius 1 is 1.35 bits per heavy atom. The van der Waals surface area contributed by atoms with Crippen LogP contribution in [0, 0.1) is 0 Å². The molecular weight excluding hydrogens is 278 g/mol. The van der Waals surface area contributed by atoms with Gasteiger partial charge in [-0.3, -0.25) is 0 Å². The molecule has 0 atom stereocenters. The van der Waals surface area contributed by atoms with Crippen molar-refractivity contribution < 1.29 is 9.90 Å². The molecule has 0 bridgehead atoms. The summed E-state index contributed by atoms with van der Waals surface area (Å²) in [5.74, 6) is -0.651. The number of nitrogens with one attached hydrogen (secondary N) is 1. The van der Waals surface area contributed by atoms with Gasteiger partial charge in [-0.1, -0.05) is 23.7 Å². The molecule has 20 heavy (non-hydrogen) atoms. The molecule has 0 aliphatic carbocycles. The van der Waals surface area contributed by atoms with E-state index >= 15 is 0 Å². The minimum Gasteiger partial charge on any atom is -0.478 e. The van der Waals surface area contributed by atoms with Crippen LogP contribution in [0.25, 0.3) is 0 Å². The monoisotopic (exact) mass is 291 g/mol. The number of hydrogen-bond donors (Lipinski definition) is 2. The second-order valence-corrected chi connectivity index (χ2v) is 4.80. The van der Waals surface area contributed by atoms with Gasteiger partial charge in [-0.05, 0) is 18.2 Å². The molecule has 0 unspecified atom stereocenters. The van der Waals surface area contributed by atoms with Gasteiger partial charge in [0, 0.05) is 20.3 Å². The highest BCUT2D eigenvalue weighted by molar-refractivity contribution is 6.33. The maximum absolute atomic E-state index is 11.1. The SMILES string of the molecule is CN(C)c1ccccc1Nc1cc(C(=O)O)c(Cl)cn1. The van der Waals surface area contributed by atoms with Crippen LogP contribution in [0.5, 0.6) is 0 Å². The van der Waals surface area contributed by atoms with E-state index in [1.807, 2.05) is 43.3 Å². The molecule has 1 aromatic heterocycles. The number of hydrogen-bond acceptors (Lipinski definition) is 4. The zero-order chi connectivity index (χ0) is 14.7. The Hall–Kier alpha value is -2.27. The molecule has 0 spiro atoms. The minimum atomic E-state index is -1.08. The number of carbonyl (C=O) groups is 1. The number of aromatic carboxylic acids is 1. The third-order valence-electron chi connectivity index (χ3n) is 2.73. The van der Waals surface area contributed by atoms with Crippen LogP contribution in [0.2, 0.25) is 5.02 Å². The highest BCUT2D eigenvalue weighted by Crippen LogP contribution is 2.27. The van der Waals surface area contributed by atoms with Crippen molar-refractivity contribution >= 4 is 34.8 Å². The highest BCUT2D eigenvalue weighted by Gasteiger charge is 2.11. The molecule has 2 rings (SSSR count). The summed E-state index contributed by atoms with van der Waals surface area (Å²) in [6.45, 7) is 0. The lowest BCUT2D eigenvalue weighted by molar-refractivity contribution is 0.0697. The molecule has 0 aliphatic rings. The maximum atomic E-state index is 11.1. The standard InChI is InChI=1S/C14H14ClN3O2/c1-18(2)12-6-4-3-5-11(12)17-13-7-9(14(19)20)10(15)8-16-13/h3-8H,1-2H3,(H,16,17)(H,19,20). The van der Waals surface area contributed by atoms with Crippen molar-refractivity contribution in [3.63, 3.8) is 0 Å². The van der Waals surface area contributed by atoms with Gasteiger partial charge in [-0.2, -0.15) is 0 Å². The van der Waals surface area contributed by atoms with Crippen LogP contribution in [0.1, 0.15) is 10.4 Å². The predicted octanol–water partition coefficient (Wildman–Crippen LogP) is 3.24. The number of pyridine rings is 1. The molecule has 0 amide bonds. The fraction of sp³-hybridized carbons (Fsp3) is 0.143. The van der Waals surface area contributed by atoms with E-state index in [-0.39, 0.29) is 10.6 Å². The second kappa shape index (κ2) is 5.79. The van der Waals surface area contributed by atoms with E-state index in [2.05, 4.69) is 10.3 Å². The molecule has 5 nitrogen and oxygen atoms in total. The van der Waals surface area contributed by atoms with Crippen LogP contribution in [0.15, 0.2) is 36.5 Å². The second-order valence-electron chi connectivity index (χ2n) is 4.39. The van der Waals surface area contributed by atoms with Crippen molar-refractivity contribution in [2.24, 2.45) is 0 Å². The summed E-state index contributed by atoms with van der Waals surface area (Å²) in [6.07, 6.45) is 1.33. The number of benzene rings is 1. The Kier molecular flexibility index (Phi) is 4.10. The summed E-state index contributed by atoms with van der Waals surface area (Å²) in [4.78, 5) is 17.1. The van der Waals surface area contributed by atoms with Crippen molar-refractivity contribution in [3.8, 4) is 0 Å². The van der Waals surface area contributed by atoms with E-state index in [1.54, 1.807) is 0 Å². The quantitative estimate of drug-likeness (QED) is 0.905. The van der Waals surface area contributed by atoms with Gasteiger partial charge in [-0.25, -0.2) is 9.78 Å². The van der Waals surface area contributed by atoms with E-state index in [0.29, 0.717) is 5.82 Å². The molecule has 1 heterocycles. The van der Waals surface area contributed by atoms with Crippen LogP contribution in [0.4, 0.5) is 17.2 Å². The summed E-state index contributed by atoms with van der Waals surface area (Å²) in [5, 5.41) is 12.3. The molecule has 6 heteroatoms. The van der Waals surface area contributed by atoms with Gasteiger partial charge in [0.05, 0.1) is 22.0 Å². The molecule has 2 aromatic rings. The van der Waals surface area contributed by atoms with Crippen LogP contribution in [-0.2, 0) is 0 Å². The maximum Gasteiger partial charge on any atom is 0.337 e. The first-order chi connectivity index (χ1) is 9.49. The molecule has 0 aliphatic heterocycles. The lowest BCUT2D eigenvalue weighted by Gasteiger charge is -2.18. The Bertz CT molecular complexity index is 644. The molecule has 1 aromatic carbocycles. The first-order valence-electron chi connectivity index (χ1n) is 5.91. The number of aromatic nitrogens is 1. The van der Waals surface area contributed by atoms with Crippen LogP contribution >= 0.6 is 11.6 Å². The fourth-order valence-electron chi connectivity index (χ4n) is 1.78. The molecule has 0 saturated heterocycles. The van der Waals surface area contributed by atoms with E-state index in [4.69, 9.17) is 16.7 Å². The van der Waals surface area contributed by atoms with E-state index in [0.717, 1.165) is 11.4 Å². The van der Waals surface area contributed by atoms with Gasteiger partial charge in [0.2, 0.25) is 0 Å². The number of nitrogens with zero attached hydrogens (tertiary/aromatic N) is 2. The lowest BCUT2D eigenvalue weighted by atomic mass is 10.2. The molecule has 2 N–H and O–H groups in total. The average molecular weight is 292 g/mol. The molecule has 0 radical (unpaired) electrons. The lowest BCUT2D eigenvalue weighted by Crippen LogP contribution is -2.11. The third-order valence-corrected chi connectivity index (χ3v) is 3.04. The Morgan fingerprint density at radius 2 is 2.05 bits per heavy atom. The molecular formula is C14H14ClN3O2. The van der Waals surface area contributed by atoms with Gasteiger partial charge in [0.1, 0.15) is 5.82 Å². The summed E-state index contributed by atoms with van der Waals surface area (Å²) < 4.78 is 0. The van der Waals surface area contributed by atoms with Crippen LogP contribution < -0.4 is 10.2 Å². The third kappa shape index (κ3) is 3.00. The summed E-state index contributed by atoms with van der Waals surface area (Å²) in [7, 11) is 3.86. The zero-order valence-corrected chi connectivity index (χ0v) is 11.8. The first kappa shape index (κ1) is 14.1. The zero-order valence-electron chi connectivity index (χ0n) is 11.1. The van der Waals surface area contributed by atoms with Gasteiger partial charge in [0.25, 0.3) is 0 Å². The fourth-order valence-corrected chi connectivity index (χ4v) is 1.96. The largest absolute Gasteiger partial charge is 0.478 e. The minimum absolute atomic E-state index is 0.0199. The Balaban J connectivity index is 2.36. The van der Waals surface area contributed by atoms with Crippen molar-refractivity contribution in [2.75, 3.05) is 24.3 Å².